The molecule has 0 bridgehead atoms. The van der Waals surface area contributed by atoms with Crippen LogP contribution in [0.4, 0.5) is 0 Å². The molecule has 1 aromatic heterocycles. The van der Waals surface area contributed by atoms with Crippen LogP contribution in [0.5, 0.6) is 0 Å². The molecule has 0 fully saturated rings. The summed E-state index contributed by atoms with van der Waals surface area (Å²) in [5.41, 5.74) is 1.56. The summed E-state index contributed by atoms with van der Waals surface area (Å²) in [6.45, 7) is 0.733. The third kappa shape index (κ3) is 3.59. The first kappa shape index (κ1) is 18.1. The maximum Gasteiger partial charge on any atom is 0.261 e. The zero-order valence-electron chi connectivity index (χ0n) is 14.9. The first-order chi connectivity index (χ1) is 13.6. The van der Waals surface area contributed by atoms with Crippen LogP contribution in [0, 0.1) is 0 Å². The van der Waals surface area contributed by atoms with Crippen molar-refractivity contribution >= 4 is 28.7 Å². The van der Waals surface area contributed by atoms with Gasteiger partial charge in [0.1, 0.15) is 0 Å². The summed E-state index contributed by atoms with van der Waals surface area (Å²) in [4.78, 5) is 39.3. The Labute approximate surface area is 166 Å². The lowest BCUT2D eigenvalue weighted by Crippen LogP contribution is -2.42. The summed E-state index contributed by atoms with van der Waals surface area (Å²) in [6.07, 6.45) is 3.71. The number of carbonyl (C=O) groups excluding carboxylic acids is 3. The van der Waals surface area contributed by atoms with Crippen molar-refractivity contribution in [1.29, 1.82) is 0 Å². The summed E-state index contributed by atoms with van der Waals surface area (Å²) in [7, 11) is 0. The highest BCUT2D eigenvalue weighted by Crippen LogP contribution is 2.23. The van der Waals surface area contributed by atoms with Gasteiger partial charge < -0.3 is 0 Å². The average Bonchev–Trinajstić information content (AvgIpc) is 2.98. The van der Waals surface area contributed by atoms with E-state index in [9.17, 15) is 14.4 Å². The summed E-state index contributed by atoms with van der Waals surface area (Å²) in [5.74, 6) is -0.517. The van der Waals surface area contributed by atoms with Gasteiger partial charge in [0.05, 0.1) is 22.6 Å². The molecule has 2 amide bonds. The number of benzene rings is 2. The van der Waals surface area contributed by atoms with Crippen molar-refractivity contribution in [3.05, 3.63) is 95.8 Å². The fourth-order valence-corrected chi connectivity index (χ4v) is 3.90. The second-order valence-electron chi connectivity index (χ2n) is 6.34. The van der Waals surface area contributed by atoms with Crippen LogP contribution >= 0.6 is 11.8 Å². The molecule has 6 heteroatoms. The molecule has 0 saturated carbocycles. The van der Waals surface area contributed by atoms with E-state index in [1.807, 2.05) is 47.3 Å². The lowest BCUT2D eigenvalue weighted by molar-refractivity contribution is -0.697. The Morgan fingerprint density at radius 2 is 1.50 bits per heavy atom. The van der Waals surface area contributed by atoms with E-state index in [1.54, 1.807) is 36.4 Å². The summed E-state index contributed by atoms with van der Waals surface area (Å²) in [6, 6.07) is 19.7. The average molecular weight is 389 g/mol. The number of carbonyl (C=O) groups is 3. The Balaban J connectivity index is 1.43. The van der Waals surface area contributed by atoms with Gasteiger partial charge in [-0.3, -0.25) is 19.3 Å². The van der Waals surface area contributed by atoms with Crippen LogP contribution in [0.3, 0.4) is 0 Å². The molecule has 3 aromatic rings. The predicted octanol–water partition coefficient (Wildman–Crippen LogP) is 3.20. The van der Waals surface area contributed by atoms with Crippen LogP contribution in [0.1, 0.15) is 31.1 Å². The normalized spacial score (nSPS) is 12.9. The minimum atomic E-state index is -0.258. The maximum atomic E-state index is 12.4. The molecule has 4 rings (SSSR count). The lowest BCUT2D eigenvalue weighted by atomic mass is 10.1. The second kappa shape index (κ2) is 7.78. The van der Waals surface area contributed by atoms with E-state index in [0.717, 1.165) is 16.7 Å². The molecule has 0 N–H and O–H groups in total. The van der Waals surface area contributed by atoms with E-state index in [2.05, 4.69) is 0 Å². The molecule has 0 saturated heterocycles. The molecule has 0 spiro atoms. The van der Waals surface area contributed by atoms with Crippen molar-refractivity contribution in [2.45, 2.75) is 11.4 Å². The lowest BCUT2D eigenvalue weighted by Gasteiger charge is -2.11. The Morgan fingerprint density at radius 1 is 0.857 bits per heavy atom. The first-order valence-electron chi connectivity index (χ1n) is 8.85. The van der Waals surface area contributed by atoms with Gasteiger partial charge >= 0.3 is 0 Å². The monoisotopic (exact) mass is 389 g/mol. The molecule has 28 heavy (non-hydrogen) atoms. The van der Waals surface area contributed by atoms with Crippen LogP contribution in [0.25, 0.3) is 0 Å². The molecular weight excluding hydrogens is 372 g/mol. The fraction of sp³-hybridized carbons (Fsp3) is 0.0909. The van der Waals surface area contributed by atoms with Gasteiger partial charge in [0.2, 0.25) is 5.12 Å². The summed E-state index contributed by atoms with van der Waals surface area (Å²) in [5, 5.41) is -0.0290. The molecular formula is C22H17N2O3S+. The Morgan fingerprint density at radius 3 is 2.18 bits per heavy atom. The van der Waals surface area contributed by atoms with Crippen molar-refractivity contribution in [2.75, 3.05) is 6.54 Å². The first-order valence-corrected chi connectivity index (χ1v) is 9.67. The summed E-state index contributed by atoms with van der Waals surface area (Å²) >= 11 is 1.15. The predicted molar refractivity (Wildman–Crippen MR) is 105 cm³/mol. The molecule has 0 atom stereocenters. The number of rotatable bonds is 5. The van der Waals surface area contributed by atoms with E-state index in [-0.39, 0.29) is 23.5 Å². The third-order valence-corrected chi connectivity index (χ3v) is 5.41. The van der Waals surface area contributed by atoms with Crippen LogP contribution in [-0.4, -0.2) is 28.4 Å². The van der Waals surface area contributed by atoms with E-state index in [1.165, 1.54) is 4.90 Å². The molecule has 5 nitrogen and oxygen atoms in total. The van der Waals surface area contributed by atoms with Gasteiger partial charge in [-0.15, -0.1) is 0 Å². The van der Waals surface area contributed by atoms with Crippen molar-refractivity contribution < 1.29 is 19.0 Å². The van der Waals surface area contributed by atoms with Crippen molar-refractivity contribution in [3.8, 4) is 0 Å². The van der Waals surface area contributed by atoms with Gasteiger partial charge in [0.15, 0.2) is 18.9 Å². The zero-order valence-corrected chi connectivity index (χ0v) is 15.8. The van der Waals surface area contributed by atoms with Gasteiger partial charge in [-0.25, -0.2) is 4.57 Å². The molecule has 2 aromatic carbocycles. The molecule has 2 heterocycles. The van der Waals surface area contributed by atoms with Crippen LogP contribution < -0.4 is 4.57 Å². The number of imide groups is 1. The van der Waals surface area contributed by atoms with Gasteiger partial charge in [-0.2, -0.15) is 0 Å². The molecule has 0 radical (unpaired) electrons. The molecule has 0 aliphatic carbocycles. The van der Waals surface area contributed by atoms with Crippen LogP contribution in [-0.2, 0) is 6.54 Å². The number of nitrogens with zero attached hydrogens (tertiary/aromatic N) is 2. The number of amides is 2. The molecule has 1 aliphatic heterocycles. The third-order valence-electron chi connectivity index (χ3n) is 4.51. The number of hydrogen-bond acceptors (Lipinski definition) is 4. The topological polar surface area (TPSA) is 58.3 Å². The van der Waals surface area contributed by atoms with E-state index < -0.39 is 0 Å². The highest BCUT2D eigenvalue weighted by atomic mass is 32.2. The molecule has 1 aliphatic rings. The van der Waals surface area contributed by atoms with Crippen molar-refractivity contribution in [1.82, 2.24) is 4.90 Å². The molecule has 138 valence electrons. The van der Waals surface area contributed by atoms with E-state index in [0.29, 0.717) is 23.2 Å². The second-order valence-corrected chi connectivity index (χ2v) is 7.39. The smallest absolute Gasteiger partial charge is 0.261 e. The zero-order chi connectivity index (χ0) is 19.5. The highest BCUT2D eigenvalue weighted by molar-refractivity contribution is 8.14. The molecule has 0 unspecified atom stereocenters. The van der Waals surface area contributed by atoms with E-state index >= 15 is 0 Å². The highest BCUT2D eigenvalue weighted by Gasteiger charge is 2.35. The minimum absolute atomic E-state index is 0.0290. The van der Waals surface area contributed by atoms with Gasteiger partial charge in [0.25, 0.3) is 11.8 Å². The van der Waals surface area contributed by atoms with Crippen LogP contribution in [0.15, 0.2) is 84.0 Å². The minimum Gasteiger partial charge on any atom is -0.281 e. The number of fused-ring (bicyclic) bond motifs is 1. The Hall–Kier alpha value is -3.25. The number of hydrogen-bond donors (Lipinski definition) is 0. The maximum absolute atomic E-state index is 12.4. The van der Waals surface area contributed by atoms with Crippen molar-refractivity contribution in [3.63, 3.8) is 0 Å². The van der Waals surface area contributed by atoms with Gasteiger partial charge in [-0.05, 0) is 30.0 Å². The Bertz CT molecular complexity index is 1030. The SMILES string of the molecule is O=C(Sc1ccc[n+](CCN2C(=O)c3ccccc3C2=O)c1)c1ccccc1. The van der Waals surface area contributed by atoms with E-state index in [4.69, 9.17) is 0 Å². The fourth-order valence-electron chi connectivity index (χ4n) is 3.10. The van der Waals surface area contributed by atoms with Crippen molar-refractivity contribution in [2.24, 2.45) is 0 Å². The largest absolute Gasteiger partial charge is 0.281 e. The quantitative estimate of drug-likeness (QED) is 0.382. The Kier molecular flexibility index (Phi) is 5.04. The standard InChI is InChI=1S/C22H17N2O3S/c25-20-18-10-4-5-11-19(18)21(26)24(20)14-13-23-12-6-9-17(15-23)28-22(27)16-7-2-1-3-8-16/h1-12,15H,13-14H2/q+1. The van der Waals surface area contributed by atoms with Gasteiger partial charge in [-0.1, -0.05) is 42.5 Å². The van der Waals surface area contributed by atoms with Gasteiger partial charge in [0, 0.05) is 11.6 Å². The van der Waals surface area contributed by atoms with Crippen LogP contribution in [0.2, 0.25) is 0 Å². The number of thioether (sulfide) groups is 1. The number of pyridine rings is 1. The summed E-state index contributed by atoms with van der Waals surface area (Å²) < 4.78 is 1.88. The number of aromatic nitrogens is 1.